The second kappa shape index (κ2) is 6.06. The van der Waals surface area contributed by atoms with E-state index in [-0.39, 0.29) is 0 Å². The first-order chi connectivity index (χ1) is 9.79. The van der Waals surface area contributed by atoms with Crippen LogP contribution in [0.5, 0.6) is 5.75 Å². The van der Waals surface area contributed by atoms with E-state index in [1.54, 1.807) is 12.1 Å². The van der Waals surface area contributed by atoms with Crippen molar-refractivity contribution < 1.29 is 4.74 Å². The minimum Gasteiger partial charge on any atom is -0.486 e. The molecule has 3 rings (SSSR count). The van der Waals surface area contributed by atoms with Crippen molar-refractivity contribution in [1.82, 2.24) is 15.5 Å². The summed E-state index contributed by atoms with van der Waals surface area (Å²) in [6.07, 6.45) is 0. The van der Waals surface area contributed by atoms with Gasteiger partial charge in [-0.1, -0.05) is 22.9 Å². The summed E-state index contributed by atoms with van der Waals surface area (Å²) in [5.41, 5.74) is 0. The van der Waals surface area contributed by atoms with E-state index in [4.69, 9.17) is 16.3 Å². The summed E-state index contributed by atoms with van der Waals surface area (Å²) in [6, 6.07) is 7.21. The van der Waals surface area contributed by atoms with E-state index in [1.165, 1.54) is 11.3 Å². The van der Waals surface area contributed by atoms with Crippen LogP contribution in [-0.2, 0) is 6.61 Å². The molecule has 0 fully saturated rings. The first-order valence-corrected chi connectivity index (χ1v) is 7.25. The van der Waals surface area contributed by atoms with Crippen molar-refractivity contribution in [3.63, 3.8) is 0 Å². The van der Waals surface area contributed by atoms with E-state index in [0.29, 0.717) is 16.8 Å². The predicted octanol–water partition coefficient (Wildman–Crippen LogP) is 2.14. The first-order valence-electron chi connectivity index (χ1n) is 6.06. The number of benzene rings is 1. The number of ether oxygens (including phenoxy) is 1. The summed E-state index contributed by atoms with van der Waals surface area (Å²) < 4.78 is 5.61. The minimum absolute atomic E-state index is 0.376. The average molecular weight is 310 g/mol. The average Bonchev–Trinajstić information content (AvgIpc) is 3.11. The van der Waals surface area contributed by atoms with E-state index >= 15 is 0 Å². The molecule has 0 amide bonds. The molecule has 0 unspecified atom stereocenters. The fourth-order valence-corrected chi connectivity index (χ4v) is 2.40. The van der Waals surface area contributed by atoms with Crippen LogP contribution in [0.4, 0.5) is 5.13 Å². The molecule has 0 atom stereocenters. The van der Waals surface area contributed by atoms with Crippen molar-refractivity contribution in [3.05, 3.63) is 34.3 Å². The Morgan fingerprint density at radius 1 is 1.30 bits per heavy atom. The van der Waals surface area contributed by atoms with E-state index in [1.807, 2.05) is 12.1 Å². The fraction of sp³-hybridized carbons (Fsp3) is 0.250. The lowest BCUT2D eigenvalue weighted by Gasteiger charge is -2.03. The maximum Gasteiger partial charge on any atom is 0.212 e. The second-order valence-corrected chi connectivity index (χ2v) is 5.52. The highest BCUT2D eigenvalue weighted by Gasteiger charge is 2.09. The molecule has 0 aliphatic carbocycles. The van der Waals surface area contributed by atoms with Crippen molar-refractivity contribution in [2.75, 3.05) is 18.4 Å². The zero-order chi connectivity index (χ0) is 13.8. The van der Waals surface area contributed by atoms with E-state index in [2.05, 4.69) is 25.8 Å². The van der Waals surface area contributed by atoms with Crippen molar-refractivity contribution in [1.29, 1.82) is 0 Å². The Balaban J connectivity index is 1.55. The van der Waals surface area contributed by atoms with Crippen LogP contribution in [-0.4, -0.2) is 29.2 Å². The molecule has 20 heavy (non-hydrogen) atoms. The fourth-order valence-electron chi connectivity index (χ4n) is 1.62. The molecule has 1 aromatic carbocycles. The van der Waals surface area contributed by atoms with Gasteiger partial charge in [0.25, 0.3) is 0 Å². The van der Waals surface area contributed by atoms with E-state index < -0.39 is 0 Å². The van der Waals surface area contributed by atoms with Crippen molar-refractivity contribution in [3.8, 4) is 5.75 Å². The Bertz CT molecular complexity index is 613. The first kappa shape index (κ1) is 13.1. The van der Waals surface area contributed by atoms with Crippen LogP contribution >= 0.6 is 22.9 Å². The quantitative estimate of drug-likeness (QED) is 0.905. The maximum absolute atomic E-state index is 5.81. The predicted molar refractivity (Wildman–Crippen MR) is 79.6 cm³/mol. The molecule has 0 saturated heterocycles. The largest absolute Gasteiger partial charge is 0.486 e. The zero-order valence-corrected chi connectivity index (χ0v) is 12.0. The number of guanidine groups is 1. The standard InChI is InChI=1S/C12H12ClN5OS/c13-8-1-3-9(4-2-8)19-7-10-17-18-12(20-10)16-11-14-5-6-15-11/h1-4H,5-7H2,(H2,14,15,16,18). The van der Waals surface area contributed by atoms with Crippen LogP contribution in [0.2, 0.25) is 5.02 Å². The molecule has 0 radical (unpaired) electrons. The van der Waals surface area contributed by atoms with E-state index in [0.717, 1.165) is 29.8 Å². The van der Waals surface area contributed by atoms with Gasteiger partial charge in [0.1, 0.15) is 12.4 Å². The van der Waals surface area contributed by atoms with Gasteiger partial charge >= 0.3 is 0 Å². The van der Waals surface area contributed by atoms with Crippen LogP contribution in [0.15, 0.2) is 29.3 Å². The lowest BCUT2D eigenvalue weighted by Crippen LogP contribution is -2.26. The summed E-state index contributed by atoms with van der Waals surface area (Å²) in [5.74, 6) is 1.49. The van der Waals surface area contributed by atoms with Gasteiger partial charge < -0.3 is 15.4 Å². The van der Waals surface area contributed by atoms with Crippen LogP contribution in [0.3, 0.4) is 0 Å². The van der Waals surface area contributed by atoms with Crippen molar-refractivity contribution in [2.24, 2.45) is 4.99 Å². The van der Waals surface area contributed by atoms with Crippen LogP contribution < -0.4 is 15.4 Å². The third-order valence-corrected chi connectivity index (χ3v) is 3.61. The summed E-state index contributed by atoms with van der Waals surface area (Å²) in [7, 11) is 0. The molecule has 2 heterocycles. The number of nitrogens with one attached hydrogen (secondary N) is 2. The number of nitrogens with zero attached hydrogens (tertiary/aromatic N) is 3. The molecule has 104 valence electrons. The Kier molecular flexibility index (Phi) is 3.98. The summed E-state index contributed by atoms with van der Waals surface area (Å²) in [4.78, 5) is 4.23. The van der Waals surface area contributed by atoms with Gasteiger partial charge in [0.15, 0.2) is 11.0 Å². The third kappa shape index (κ3) is 3.37. The van der Waals surface area contributed by atoms with Gasteiger partial charge in [0, 0.05) is 11.6 Å². The highest BCUT2D eigenvalue weighted by Crippen LogP contribution is 2.19. The molecule has 1 aliphatic heterocycles. The number of anilines is 1. The van der Waals surface area contributed by atoms with Gasteiger partial charge in [-0.25, -0.2) is 0 Å². The lowest BCUT2D eigenvalue weighted by molar-refractivity contribution is 0.304. The van der Waals surface area contributed by atoms with Crippen LogP contribution in [0, 0.1) is 0 Å². The molecule has 0 spiro atoms. The Morgan fingerprint density at radius 2 is 2.15 bits per heavy atom. The van der Waals surface area contributed by atoms with Gasteiger partial charge in [0.2, 0.25) is 5.13 Å². The second-order valence-electron chi connectivity index (χ2n) is 4.03. The molecule has 0 bridgehead atoms. The van der Waals surface area contributed by atoms with Gasteiger partial charge in [-0.05, 0) is 24.3 Å². The Hall–Kier alpha value is -1.86. The Morgan fingerprint density at radius 3 is 2.90 bits per heavy atom. The van der Waals surface area contributed by atoms with E-state index in [9.17, 15) is 0 Å². The highest BCUT2D eigenvalue weighted by atomic mass is 35.5. The number of aliphatic imine (C=N–C) groups is 1. The zero-order valence-electron chi connectivity index (χ0n) is 10.5. The summed E-state index contributed by atoms with van der Waals surface area (Å²) >= 11 is 7.25. The van der Waals surface area contributed by atoms with Crippen molar-refractivity contribution in [2.45, 2.75) is 6.61 Å². The van der Waals surface area contributed by atoms with Gasteiger partial charge in [0.05, 0.1) is 6.54 Å². The molecule has 8 heteroatoms. The van der Waals surface area contributed by atoms with Gasteiger partial charge in [-0.15, -0.1) is 10.2 Å². The van der Waals surface area contributed by atoms with Gasteiger partial charge in [-0.2, -0.15) is 0 Å². The molecule has 2 N–H and O–H groups in total. The third-order valence-electron chi connectivity index (χ3n) is 2.54. The number of hydrogen-bond acceptors (Lipinski definition) is 7. The SMILES string of the molecule is Clc1ccc(OCc2nnc(NC3=NCCN3)s2)cc1. The van der Waals surface area contributed by atoms with Crippen molar-refractivity contribution >= 4 is 34.0 Å². The lowest BCUT2D eigenvalue weighted by atomic mass is 10.3. The maximum atomic E-state index is 5.81. The topological polar surface area (TPSA) is 71.4 Å². The van der Waals surface area contributed by atoms with Gasteiger partial charge in [-0.3, -0.25) is 4.99 Å². The van der Waals surface area contributed by atoms with Crippen LogP contribution in [0.25, 0.3) is 0 Å². The normalized spacial score (nSPS) is 13.8. The van der Waals surface area contributed by atoms with Crippen LogP contribution in [0.1, 0.15) is 5.01 Å². The molecule has 2 aromatic rings. The summed E-state index contributed by atoms with van der Waals surface area (Å²) in [5, 5.41) is 16.5. The number of hydrogen-bond donors (Lipinski definition) is 2. The molecule has 1 aliphatic rings. The molecule has 1 aromatic heterocycles. The summed E-state index contributed by atoms with van der Waals surface area (Å²) in [6.45, 7) is 2.02. The highest BCUT2D eigenvalue weighted by molar-refractivity contribution is 7.15. The molecular weight excluding hydrogens is 298 g/mol. The Labute approximate surface area is 124 Å². The monoisotopic (exact) mass is 309 g/mol. The molecule has 0 saturated carbocycles. The molecular formula is C12H12ClN5OS. The molecule has 6 nitrogen and oxygen atoms in total. The number of aromatic nitrogens is 2. The minimum atomic E-state index is 0.376. The number of rotatable bonds is 4. The smallest absolute Gasteiger partial charge is 0.212 e. The number of halogens is 1.